The summed E-state index contributed by atoms with van der Waals surface area (Å²) in [4.78, 5) is 41.1. The number of benzene rings is 1. The number of nitrogens with zero attached hydrogens (tertiary/aromatic N) is 7. The molecule has 4 heterocycles. The Hall–Kier alpha value is -3.81. The molecule has 1 aromatic carbocycles. The number of hydrogen-bond acceptors (Lipinski definition) is 9. The Labute approximate surface area is 218 Å². The fraction of sp³-hybridized carbons (Fsp3) is 0.583. The second-order valence-corrected chi connectivity index (χ2v) is 9.62. The summed E-state index contributed by atoms with van der Waals surface area (Å²) >= 11 is 0. The predicted octanol–water partition coefficient (Wildman–Crippen LogP) is 0.516. The fourth-order valence-corrected chi connectivity index (χ4v) is 5.04. The van der Waals surface area contributed by atoms with Gasteiger partial charge in [-0.1, -0.05) is 0 Å². The highest BCUT2D eigenvalue weighted by molar-refractivity contribution is 5.90. The molecule has 0 unspecified atom stereocenters. The van der Waals surface area contributed by atoms with Crippen LogP contribution in [0.25, 0.3) is 0 Å². The van der Waals surface area contributed by atoms with E-state index < -0.39 is 18.0 Å². The van der Waals surface area contributed by atoms with Crippen LogP contribution in [-0.4, -0.2) is 102 Å². The van der Waals surface area contributed by atoms with Gasteiger partial charge in [-0.15, -0.1) is 5.10 Å². The van der Waals surface area contributed by atoms with Gasteiger partial charge in [0.25, 0.3) is 0 Å². The maximum atomic E-state index is 15.2. The number of rotatable bonds is 7. The van der Waals surface area contributed by atoms with Gasteiger partial charge < -0.3 is 24.6 Å². The Bertz CT molecular complexity index is 1180. The SMILES string of the molecule is CC(=O)NC[C@H]1CN(c2ccc(N3CCC(n4nnnc4CC(=O)N4CCOCC4)CC3)c(F)c2)C(=O)O1. The van der Waals surface area contributed by atoms with E-state index in [2.05, 4.69) is 20.8 Å². The molecule has 204 valence electrons. The molecule has 1 N–H and O–H groups in total. The largest absolute Gasteiger partial charge is 0.442 e. The average molecular weight is 531 g/mol. The third-order valence-corrected chi connectivity index (χ3v) is 7.08. The Kier molecular flexibility index (Phi) is 7.67. The van der Waals surface area contributed by atoms with Gasteiger partial charge in [0.1, 0.15) is 11.9 Å². The maximum absolute atomic E-state index is 15.2. The molecule has 0 radical (unpaired) electrons. The predicted molar refractivity (Wildman–Crippen MR) is 132 cm³/mol. The van der Waals surface area contributed by atoms with Gasteiger partial charge in [-0.3, -0.25) is 14.5 Å². The van der Waals surface area contributed by atoms with Crippen molar-refractivity contribution in [2.75, 3.05) is 62.3 Å². The van der Waals surface area contributed by atoms with E-state index in [1.54, 1.807) is 21.7 Å². The fourth-order valence-electron chi connectivity index (χ4n) is 5.04. The topological polar surface area (TPSA) is 135 Å². The number of amides is 3. The average Bonchev–Trinajstić information content (AvgIpc) is 3.54. The van der Waals surface area contributed by atoms with Gasteiger partial charge in [0, 0.05) is 33.1 Å². The van der Waals surface area contributed by atoms with Crippen LogP contribution in [0.5, 0.6) is 0 Å². The highest BCUT2D eigenvalue weighted by Gasteiger charge is 2.33. The van der Waals surface area contributed by atoms with Gasteiger partial charge in [0.05, 0.1) is 50.1 Å². The molecular weight excluding hydrogens is 499 g/mol. The van der Waals surface area contributed by atoms with Crippen molar-refractivity contribution < 1.29 is 28.2 Å². The lowest BCUT2D eigenvalue weighted by atomic mass is 10.0. The molecule has 0 bridgehead atoms. The van der Waals surface area contributed by atoms with E-state index in [0.717, 1.165) is 0 Å². The summed E-state index contributed by atoms with van der Waals surface area (Å²) in [6, 6.07) is 4.71. The lowest BCUT2D eigenvalue weighted by molar-refractivity contribution is -0.134. The molecule has 3 saturated heterocycles. The molecule has 13 nitrogen and oxygen atoms in total. The zero-order chi connectivity index (χ0) is 26.6. The van der Waals surface area contributed by atoms with Crippen molar-refractivity contribution in [1.29, 1.82) is 0 Å². The van der Waals surface area contributed by atoms with Crippen LogP contribution in [0.3, 0.4) is 0 Å². The van der Waals surface area contributed by atoms with Crippen LogP contribution in [0.1, 0.15) is 31.6 Å². The molecule has 2 aromatic rings. The number of ether oxygens (including phenoxy) is 2. The summed E-state index contributed by atoms with van der Waals surface area (Å²) in [5, 5.41) is 14.6. The van der Waals surface area contributed by atoms with Gasteiger partial charge >= 0.3 is 6.09 Å². The molecular formula is C24H31FN8O5. The van der Waals surface area contributed by atoms with Crippen molar-refractivity contribution in [3.8, 4) is 0 Å². The van der Waals surface area contributed by atoms with E-state index in [1.165, 1.54) is 17.9 Å². The summed E-state index contributed by atoms with van der Waals surface area (Å²) in [5.41, 5.74) is 0.855. The quantitative estimate of drug-likeness (QED) is 0.543. The van der Waals surface area contributed by atoms with E-state index in [9.17, 15) is 14.4 Å². The highest BCUT2D eigenvalue weighted by atomic mass is 19.1. The first-order valence-electron chi connectivity index (χ1n) is 12.8. The van der Waals surface area contributed by atoms with Gasteiger partial charge in [-0.2, -0.15) is 0 Å². The minimum absolute atomic E-state index is 0.0102. The molecule has 3 fully saturated rings. The lowest BCUT2D eigenvalue weighted by Crippen LogP contribution is -2.42. The Balaban J connectivity index is 1.18. The minimum atomic E-state index is -0.572. The monoisotopic (exact) mass is 530 g/mol. The van der Waals surface area contributed by atoms with Gasteiger partial charge in [0.15, 0.2) is 5.82 Å². The smallest absolute Gasteiger partial charge is 0.414 e. The zero-order valence-electron chi connectivity index (χ0n) is 21.2. The van der Waals surface area contributed by atoms with Crippen LogP contribution in [0.4, 0.5) is 20.6 Å². The summed E-state index contributed by atoms with van der Waals surface area (Å²) in [5.74, 6) is -0.133. The van der Waals surface area contributed by atoms with Crippen LogP contribution >= 0.6 is 0 Å². The van der Waals surface area contributed by atoms with Crippen molar-refractivity contribution in [2.24, 2.45) is 0 Å². The van der Waals surface area contributed by atoms with Gasteiger partial charge in [-0.05, 0) is 41.5 Å². The van der Waals surface area contributed by atoms with E-state index in [-0.39, 0.29) is 37.4 Å². The molecule has 1 atom stereocenters. The second kappa shape index (κ2) is 11.3. The van der Waals surface area contributed by atoms with Crippen molar-refractivity contribution >= 4 is 29.3 Å². The molecule has 14 heteroatoms. The summed E-state index contributed by atoms with van der Waals surface area (Å²) in [6.45, 7) is 5.20. The van der Waals surface area contributed by atoms with Crippen molar-refractivity contribution in [1.82, 2.24) is 30.4 Å². The Morgan fingerprint density at radius 3 is 2.63 bits per heavy atom. The van der Waals surface area contributed by atoms with Crippen LogP contribution < -0.4 is 15.1 Å². The van der Waals surface area contributed by atoms with E-state index in [4.69, 9.17) is 9.47 Å². The number of hydrogen-bond donors (Lipinski definition) is 1. The van der Waals surface area contributed by atoms with Crippen molar-refractivity contribution in [2.45, 2.75) is 38.3 Å². The van der Waals surface area contributed by atoms with E-state index >= 15 is 4.39 Å². The number of carbonyl (C=O) groups excluding carboxylic acids is 3. The van der Waals surface area contributed by atoms with Crippen LogP contribution in [-0.2, 0) is 25.5 Å². The molecule has 3 aliphatic heterocycles. The first kappa shape index (κ1) is 25.8. The number of aromatic nitrogens is 4. The van der Waals surface area contributed by atoms with Crippen molar-refractivity contribution in [3.63, 3.8) is 0 Å². The molecule has 38 heavy (non-hydrogen) atoms. The molecule has 3 aliphatic rings. The van der Waals surface area contributed by atoms with Crippen LogP contribution in [0.2, 0.25) is 0 Å². The standard InChI is InChI=1S/C24H31FN8O5/c1-16(34)26-14-19-15-32(24(36)38-19)18-2-3-21(20(25)12-18)30-6-4-17(5-7-30)33-22(27-28-29-33)13-23(35)31-8-10-37-11-9-31/h2-3,12,17,19H,4-11,13-15H2,1H3,(H,26,34)/t19-/m0/s1. The van der Waals surface area contributed by atoms with E-state index in [0.29, 0.717) is 69.4 Å². The Morgan fingerprint density at radius 1 is 1.16 bits per heavy atom. The summed E-state index contributed by atoms with van der Waals surface area (Å²) < 4.78 is 27.5. The molecule has 0 spiro atoms. The maximum Gasteiger partial charge on any atom is 0.414 e. The summed E-state index contributed by atoms with van der Waals surface area (Å²) in [6.07, 6.45) is 0.447. The third-order valence-electron chi connectivity index (χ3n) is 7.08. The van der Waals surface area contributed by atoms with E-state index in [1.807, 2.05) is 4.90 Å². The molecule has 1 aromatic heterocycles. The number of nitrogens with one attached hydrogen (secondary N) is 1. The number of halogens is 1. The minimum Gasteiger partial charge on any atom is -0.442 e. The van der Waals surface area contributed by atoms with Crippen molar-refractivity contribution in [3.05, 3.63) is 29.8 Å². The molecule has 0 aliphatic carbocycles. The van der Waals surface area contributed by atoms with Gasteiger partial charge in [0.2, 0.25) is 11.8 Å². The third kappa shape index (κ3) is 5.69. The number of carbonyl (C=O) groups is 3. The van der Waals surface area contributed by atoms with Crippen LogP contribution in [0.15, 0.2) is 18.2 Å². The lowest BCUT2D eigenvalue weighted by Gasteiger charge is -2.34. The Morgan fingerprint density at radius 2 is 1.92 bits per heavy atom. The highest BCUT2D eigenvalue weighted by Crippen LogP contribution is 2.31. The first-order valence-corrected chi connectivity index (χ1v) is 12.8. The van der Waals surface area contributed by atoms with Crippen LogP contribution in [0, 0.1) is 5.82 Å². The van der Waals surface area contributed by atoms with Gasteiger partial charge in [-0.25, -0.2) is 13.9 Å². The number of morpholine rings is 1. The molecule has 3 amide bonds. The number of piperidine rings is 1. The zero-order valence-corrected chi connectivity index (χ0v) is 21.2. The summed E-state index contributed by atoms with van der Waals surface area (Å²) in [7, 11) is 0. The number of anilines is 2. The number of tetrazole rings is 1. The second-order valence-electron chi connectivity index (χ2n) is 9.62. The normalized spacial score (nSPS) is 20.5. The molecule has 0 saturated carbocycles. The first-order chi connectivity index (χ1) is 18.4. The number of cyclic esters (lactones) is 1. The molecule has 5 rings (SSSR count).